The smallest absolute Gasteiger partial charge is 0.283 e. The molecule has 0 amide bonds. The first-order valence-corrected chi connectivity index (χ1v) is 9.04. The topological polar surface area (TPSA) is 67.2 Å². The summed E-state index contributed by atoms with van der Waals surface area (Å²) in [5.41, 5.74) is 0.842. The second kappa shape index (κ2) is 6.51. The van der Waals surface area contributed by atoms with Crippen molar-refractivity contribution in [1.82, 2.24) is 19.7 Å². The second-order valence-electron chi connectivity index (χ2n) is 6.30. The van der Waals surface area contributed by atoms with Gasteiger partial charge in [0, 0.05) is 45.1 Å². The maximum absolute atomic E-state index is 12.5. The molecule has 2 aliphatic rings. The van der Waals surface area contributed by atoms with Gasteiger partial charge in [0.05, 0.1) is 11.9 Å². The number of halogens is 1. The van der Waals surface area contributed by atoms with Crippen molar-refractivity contribution in [3.63, 3.8) is 0 Å². The number of hydrogen-bond acceptors (Lipinski definition) is 6. The van der Waals surface area contributed by atoms with Crippen LogP contribution in [0.1, 0.15) is 12.8 Å². The summed E-state index contributed by atoms with van der Waals surface area (Å²) < 4.78 is 2.20. The zero-order chi connectivity index (χ0) is 16.5. The summed E-state index contributed by atoms with van der Waals surface area (Å²) in [6.45, 7) is 4.00. The van der Waals surface area contributed by atoms with Gasteiger partial charge in [-0.15, -0.1) is 0 Å². The van der Waals surface area contributed by atoms with Crippen LogP contribution >= 0.6 is 15.9 Å². The van der Waals surface area contributed by atoms with Crippen LogP contribution in [0, 0.1) is 5.92 Å². The third kappa shape index (κ3) is 3.15. The number of nitrogens with zero attached hydrogens (tertiary/aromatic N) is 6. The van der Waals surface area contributed by atoms with E-state index in [0.29, 0.717) is 10.4 Å². The van der Waals surface area contributed by atoms with Crippen LogP contribution < -0.4 is 15.4 Å². The third-order valence-electron chi connectivity index (χ3n) is 4.55. The van der Waals surface area contributed by atoms with E-state index in [-0.39, 0.29) is 5.56 Å². The normalized spacial score (nSPS) is 18.0. The average molecular weight is 391 g/mol. The molecule has 2 aromatic heterocycles. The number of anilines is 2. The summed E-state index contributed by atoms with van der Waals surface area (Å²) in [5, 5.41) is 4.37. The Hall–Kier alpha value is -1.96. The molecule has 4 rings (SSSR count). The standard InChI is InChI=1S/C16H19BrN6O/c17-14-13(10-20-23(15(14)24)11-12-2-3-12)21-6-8-22(9-7-21)16-18-4-1-5-19-16/h1,4-5,10,12H,2-3,6-9,11H2. The highest BCUT2D eigenvalue weighted by molar-refractivity contribution is 9.10. The Bertz CT molecular complexity index is 768. The molecule has 2 fully saturated rings. The van der Waals surface area contributed by atoms with Crippen molar-refractivity contribution >= 4 is 27.6 Å². The van der Waals surface area contributed by atoms with Gasteiger partial charge in [-0.05, 0) is 40.8 Å². The summed E-state index contributed by atoms with van der Waals surface area (Å²) in [6, 6.07) is 1.82. The van der Waals surface area contributed by atoms with E-state index >= 15 is 0 Å². The number of rotatable bonds is 4. The van der Waals surface area contributed by atoms with Crippen molar-refractivity contribution in [2.75, 3.05) is 36.0 Å². The fourth-order valence-corrected chi connectivity index (χ4v) is 3.51. The number of piperazine rings is 1. The molecule has 0 N–H and O–H groups in total. The van der Waals surface area contributed by atoms with Crippen molar-refractivity contribution in [1.29, 1.82) is 0 Å². The molecule has 24 heavy (non-hydrogen) atoms. The lowest BCUT2D eigenvalue weighted by molar-refractivity contribution is 0.529. The minimum Gasteiger partial charge on any atom is -0.366 e. The van der Waals surface area contributed by atoms with Gasteiger partial charge in [-0.2, -0.15) is 5.10 Å². The van der Waals surface area contributed by atoms with Crippen molar-refractivity contribution in [3.05, 3.63) is 39.5 Å². The number of hydrogen-bond donors (Lipinski definition) is 0. The van der Waals surface area contributed by atoms with E-state index in [0.717, 1.165) is 44.4 Å². The average Bonchev–Trinajstić information content (AvgIpc) is 3.44. The molecule has 0 unspecified atom stereocenters. The van der Waals surface area contributed by atoms with E-state index in [4.69, 9.17) is 0 Å². The lowest BCUT2D eigenvalue weighted by atomic mass is 10.3. The van der Waals surface area contributed by atoms with E-state index < -0.39 is 0 Å². The van der Waals surface area contributed by atoms with Crippen LogP contribution in [0.15, 0.2) is 33.9 Å². The van der Waals surface area contributed by atoms with E-state index in [1.807, 2.05) is 12.3 Å². The molecule has 3 heterocycles. The molecule has 1 saturated heterocycles. The first-order chi connectivity index (χ1) is 11.7. The first-order valence-electron chi connectivity index (χ1n) is 8.25. The Morgan fingerprint density at radius 3 is 2.42 bits per heavy atom. The van der Waals surface area contributed by atoms with Gasteiger partial charge in [-0.1, -0.05) is 0 Å². The molecule has 126 valence electrons. The molecule has 8 heteroatoms. The molecule has 0 aromatic carbocycles. The van der Waals surface area contributed by atoms with E-state index in [1.54, 1.807) is 17.1 Å². The molecule has 1 aliphatic carbocycles. The summed E-state index contributed by atoms with van der Waals surface area (Å²) in [5.74, 6) is 1.39. The van der Waals surface area contributed by atoms with Gasteiger partial charge in [-0.25, -0.2) is 14.6 Å². The molecule has 2 aromatic rings. The monoisotopic (exact) mass is 390 g/mol. The Labute approximate surface area is 148 Å². The quantitative estimate of drug-likeness (QED) is 0.788. The molecule has 0 radical (unpaired) electrons. The molecule has 0 bridgehead atoms. The van der Waals surface area contributed by atoms with Gasteiger partial charge in [0.25, 0.3) is 5.56 Å². The van der Waals surface area contributed by atoms with Crippen LogP contribution in [0.25, 0.3) is 0 Å². The zero-order valence-corrected chi connectivity index (χ0v) is 14.9. The highest BCUT2D eigenvalue weighted by Crippen LogP contribution is 2.30. The fourth-order valence-electron chi connectivity index (χ4n) is 2.95. The molecule has 0 spiro atoms. The first kappa shape index (κ1) is 15.6. The van der Waals surface area contributed by atoms with Crippen LogP contribution in [0.3, 0.4) is 0 Å². The zero-order valence-electron chi connectivity index (χ0n) is 13.3. The van der Waals surface area contributed by atoms with Crippen molar-refractivity contribution < 1.29 is 0 Å². The van der Waals surface area contributed by atoms with Crippen molar-refractivity contribution in [3.8, 4) is 0 Å². The Kier molecular flexibility index (Phi) is 4.22. The summed E-state index contributed by atoms with van der Waals surface area (Å²) in [4.78, 5) is 25.4. The summed E-state index contributed by atoms with van der Waals surface area (Å²) in [7, 11) is 0. The third-order valence-corrected chi connectivity index (χ3v) is 5.30. The minimum absolute atomic E-state index is 0.0341. The van der Waals surface area contributed by atoms with E-state index in [9.17, 15) is 4.79 Å². The van der Waals surface area contributed by atoms with Gasteiger partial charge >= 0.3 is 0 Å². The van der Waals surface area contributed by atoms with E-state index in [1.165, 1.54) is 12.8 Å². The van der Waals surface area contributed by atoms with Gasteiger partial charge in [-0.3, -0.25) is 4.79 Å². The predicted molar refractivity (Wildman–Crippen MR) is 95.4 cm³/mol. The van der Waals surface area contributed by atoms with Crippen LogP contribution in [-0.2, 0) is 6.54 Å². The largest absolute Gasteiger partial charge is 0.366 e. The molecular formula is C16H19BrN6O. The number of aromatic nitrogens is 4. The SMILES string of the molecule is O=c1c(Br)c(N2CCN(c3ncccn3)CC2)cnn1CC1CC1. The second-order valence-corrected chi connectivity index (χ2v) is 7.09. The predicted octanol–water partition coefficient (Wildman–Crippen LogP) is 1.53. The highest BCUT2D eigenvalue weighted by atomic mass is 79.9. The maximum Gasteiger partial charge on any atom is 0.283 e. The molecule has 7 nitrogen and oxygen atoms in total. The highest BCUT2D eigenvalue weighted by Gasteiger charge is 2.25. The summed E-state index contributed by atoms with van der Waals surface area (Å²) >= 11 is 3.48. The molecule has 0 atom stereocenters. The summed E-state index contributed by atoms with van der Waals surface area (Å²) in [6.07, 6.45) is 7.74. The Morgan fingerprint density at radius 2 is 1.75 bits per heavy atom. The van der Waals surface area contributed by atoms with Gasteiger partial charge < -0.3 is 9.80 Å². The molecule has 1 saturated carbocycles. The van der Waals surface area contributed by atoms with Crippen LogP contribution in [0.5, 0.6) is 0 Å². The molecule has 1 aliphatic heterocycles. The Balaban J connectivity index is 1.47. The van der Waals surface area contributed by atoms with E-state index in [2.05, 4.69) is 40.8 Å². The van der Waals surface area contributed by atoms with Gasteiger partial charge in [0.15, 0.2) is 0 Å². The molecular weight excluding hydrogens is 372 g/mol. The van der Waals surface area contributed by atoms with Crippen LogP contribution in [0.4, 0.5) is 11.6 Å². The maximum atomic E-state index is 12.5. The minimum atomic E-state index is -0.0341. The fraction of sp³-hybridized carbons (Fsp3) is 0.500. The lowest BCUT2D eigenvalue weighted by Crippen LogP contribution is -2.47. The lowest BCUT2D eigenvalue weighted by Gasteiger charge is -2.36. The van der Waals surface area contributed by atoms with Crippen molar-refractivity contribution in [2.24, 2.45) is 5.92 Å². The van der Waals surface area contributed by atoms with Gasteiger partial charge in [0.1, 0.15) is 4.47 Å². The van der Waals surface area contributed by atoms with Gasteiger partial charge in [0.2, 0.25) is 5.95 Å². The van der Waals surface area contributed by atoms with Crippen molar-refractivity contribution in [2.45, 2.75) is 19.4 Å². The van der Waals surface area contributed by atoms with Crippen LogP contribution in [-0.4, -0.2) is 45.9 Å². The Morgan fingerprint density at radius 1 is 1.08 bits per heavy atom. The van der Waals surface area contributed by atoms with Crippen LogP contribution in [0.2, 0.25) is 0 Å².